The number of benzene rings is 1. The average molecular weight is 262 g/mol. The van der Waals surface area contributed by atoms with Crippen LogP contribution in [0.25, 0.3) is 0 Å². The third kappa shape index (κ3) is 2.36. The predicted octanol–water partition coefficient (Wildman–Crippen LogP) is 0.465. The van der Waals surface area contributed by atoms with Crippen molar-refractivity contribution in [3.8, 4) is 0 Å². The molecule has 0 saturated carbocycles. The van der Waals surface area contributed by atoms with E-state index in [9.17, 15) is 4.79 Å². The average Bonchev–Trinajstić information content (AvgIpc) is 2.78. The van der Waals surface area contributed by atoms with E-state index in [-0.39, 0.29) is 18.8 Å². The molecule has 2 aliphatic rings. The summed E-state index contributed by atoms with van der Waals surface area (Å²) in [6.45, 7) is 4.42. The summed E-state index contributed by atoms with van der Waals surface area (Å²) in [4.78, 5) is 16.2. The number of hydrogen-bond acceptors (Lipinski definition) is 5. The second kappa shape index (κ2) is 5.28. The highest BCUT2D eigenvalue weighted by atomic mass is 16.6. The minimum atomic E-state index is -0.236. The number of hydrogen-bond donors (Lipinski definition) is 1. The van der Waals surface area contributed by atoms with Gasteiger partial charge in [-0.3, -0.25) is 9.80 Å². The van der Waals surface area contributed by atoms with Crippen molar-refractivity contribution in [1.29, 1.82) is 0 Å². The number of cyclic esters (lactones) is 1. The van der Waals surface area contributed by atoms with Gasteiger partial charge in [0.1, 0.15) is 0 Å². The van der Waals surface area contributed by atoms with Gasteiger partial charge in [-0.25, -0.2) is 4.79 Å². The Morgan fingerprint density at radius 1 is 1.21 bits per heavy atom. The lowest BCUT2D eigenvalue weighted by atomic mass is 10.1. The van der Waals surface area contributed by atoms with E-state index in [0.717, 1.165) is 38.3 Å². The first-order valence-corrected chi connectivity index (χ1v) is 6.67. The summed E-state index contributed by atoms with van der Waals surface area (Å²) < 4.78 is 5.49. The Bertz CT molecular complexity index is 470. The summed E-state index contributed by atoms with van der Waals surface area (Å²) in [7, 11) is 0. The number of esters is 1. The maximum Gasteiger partial charge on any atom is 0.340 e. The zero-order valence-corrected chi connectivity index (χ0v) is 10.8. The third-order valence-corrected chi connectivity index (χ3v) is 3.82. The summed E-state index contributed by atoms with van der Waals surface area (Å²) in [5.74, 6) is -0.224. The molecule has 0 spiro atoms. The summed E-state index contributed by atoms with van der Waals surface area (Å²) in [5, 5.41) is 8.94. The molecule has 0 unspecified atom stereocenters. The van der Waals surface area contributed by atoms with Gasteiger partial charge < -0.3 is 9.84 Å². The van der Waals surface area contributed by atoms with E-state index in [0.29, 0.717) is 5.56 Å². The fourth-order valence-corrected chi connectivity index (χ4v) is 2.76. The highest BCUT2D eigenvalue weighted by Gasteiger charge is 2.35. The van der Waals surface area contributed by atoms with Crippen LogP contribution in [0.4, 0.5) is 0 Å². The van der Waals surface area contributed by atoms with Crippen molar-refractivity contribution in [1.82, 2.24) is 9.80 Å². The van der Waals surface area contributed by atoms with Crippen LogP contribution in [0.3, 0.4) is 0 Å². The van der Waals surface area contributed by atoms with Crippen LogP contribution in [0.15, 0.2) is 24.3 Å². The lowest BCUT2D eigenvalue weighted by Crippen LogP contribution is -2.48. The number of aliphatic hydroxyl groups excluding tert-OH is 1. The molecule has 1 N–H and O–H groups in total. The van der Waals surface area contributed by atoms with Crippen LogP contribution < -0.4 is 0 Å². The first kappa shape index (κ1) is 12.6. The SMILES string of the molecule is O=C1O[C@@H](N2CCN(CCO)CC2)c2ccccc21. The Labute approximate surface area is 112 Å². The number of ether oxygens (including phenoxy) is 1. The standard InChI is InChI=1S/C14H18N2O3/c17-10-9-15-5-7-16(8-6-15)13-11-3-1-2-4-12(11)14(18)19-13/h1-4,13,17H,5-10H2/t13-/m1/s1. The topological polar surface area (TPSA) is 53.0 Å². The zero-order chi connectivity index (χ0) is 13.2. The first-order chi connectivity index (χ1) is 9.29. The van der Waals surface area contributed by atoms with Crippen molar-refractivity contribution >= 4 is 5.97 Å². The van der Waals surface area contributed by atoms with Crippen molar-refractivity contribution in [3.05, 3.63) is 35.4 Å². The van der Waals surface area contributed by atoms with E-state index in [4.69, 9.17) is 9.84 Å². The molecule has 0 bridgehead atoms. The molecule has 1 saturated heterocycles. The molecule has 1 fully saturated rings. The molecule has 2 aliphatic heterocycles. The van der Waals surface area contributed by atoms with Crippen LogP contribution in [0, 0.1) is 0 Å². The molecule has 0 aromatic heterocycles. The van der Waals surface area contributed by atoms with Crippen molar-refractivity contribution in [2.45, 2.75) is 6.23 Å². The molecule has 2 heterocycles. The zero-order valence-electron chi connectivity index (χ0n) is 10.8. The minimum absolute atomic E-state index is 0.196. The number of fused-ring (bicyclic) bond motifs is 1. The fourth-order valence-electron chi connectivity index (χ4n) is 2.76. The molecule has 102 valence electrons. The lowest BCUT2D eigenvalue weighted by molar-refractivity contribution is -0.0420. The van der Waals surface area contributed by atoms with E-state index in [1.165, 1.54) is 0 Å². The van der Waals surface area contributed by atoms with Crippen molar-refractivity contribution in [2.75, 3.05) is 39.3 Å². The van der Waals surface area contributed by atoms with E-state index in [1.807, 2.05) is 24.3 Å². The van der Waals surface area contributed by atoms with E-state index in [2.05, 4.69) is 9.80 Å². The van der Waals surface area contributed by atoms with Crippen LogP contribution in [0.1, 0.15) is 22.1 Å². The molecular formula is C14H18N2O3. The van der Waals surface area contributed by atoms with Crippen LogP contribution in [-0.4, -0.2) is 60.2 Å². The van der Waals surface area contributed by atoms with Crippen LogP contribution in [0.2, 0.25) is 0 Å². The smallest absolute Gasteiger partial charge is 0.340 e. The monoisotopic (exact) mass is 262 g/mol. The summed E-state index contributed by atoms with van der Waals surface area (Å²) >= 11 is 0. The van der Waals surface area contributed by atoms with Crippen molar-refractivity contribution in [3.63, 3.8) is 0 Å². The summed E-state index contributed by atoms with van der Waals surface area (Å²) in [5.41, 5.74) is 1.66. The largest absolute Gasteiger partial charge is 0.438 e. The van der Waals surface area contributed by atoms with Gasteiger partial charge in [-0.15, -0.1) is 0 Å². The number of β-amino-alcohol motifs (C(OH)–C–C–N with tert-alkyl or cyclic N) is 1. The molecule has 1 aromatic rings. The molecule has 19 heavy (non-hydrogen) atoms. The Kier molecular flexibility index (Phi) is 3.50. The highest BCUT2D eigenvalue weighted by molar-refractivity contribution is 5.93. The molecular weight excluding hydrogens is 244 g/mol. The lowest BCUT2D eigenvalue weighted by Gasteiger charge is -2.36. The Balaban J connectivity index is 1.70. The Morgan fingerprint density at radius 3 is 2.68 bits per heavy atom. The molecule has 3 rings (SSSR count). The van der Waals surface area contributed by atoms with Crippen LogP contribution >= 0.6 is 0 Å². The number of rotatable bonds is 3. The van der Waals surface area contributed by atoms with E-state index < -0.39 is 0 Å². The maximum atomic E-state index is 11.8. The van der Waals surface area contributed by atoms with Gasteiger partial charge in [0.25, 0.3) is 0 Å². The molecule has 1 atom stereocenters. The number of piperazine rings is 1. The molecule has 0 amide bonds. The summed E-state index contributed by atoms with van der Waals surface area (Å²) in [6.07, 6.45) is -0.236. The number of carbonyl (C=O) groups is 1. The molecule has 0 aliphatic carbocycles. The maximum absolute atomic E-state index is 11.8. The van der Waals surface area contributed by atoms with Crippen molar-refractivity contribution < 1.29 is 14.6 Å². The van der Waals surface area contributed by atoms with Gasteiger partial charge in [0.15, 0.2) is 6.23 Å². The van der Waals surface area contributed by atoms with Gasteiger partial charge in [0.2, 0.25) is 0 Å². The molecule has 0 radical (unpaired) electrons. The normalized spacial score (nSPS) is 24.3. The van der Waals surface area contributed by atoms with Gasteiger partial charge in [0.05, 0.1) is 12.2 Å². The second-order valence-corrected chi connectivity index (χ2v) is 4.95. The molecule has 1 aromatic carbocycles. The van der Waals surface area contributed by atoms with Crippen LogP contribution in [0.5, 0.6) is 0 Å². The summed E-state index contributed by atoms with van der Waals surface area (Å²) in [6, 6.07) is 7.59. The number of aliphatic hydroxyl groups is 1. The van der Waals surface area contributed by atoms with E-state index >= 15 is 0 Å². The highest BCUT2D eigenvalue weighted by Crippen LogP contribution is 2.33. The van der Waals surface area contributed by atoms with Crippen LogP contribution in [-0.2, 0) is 4.74 Å². The molecule has 5 nitrogen and oxygen atoms in total. The van der Waals surface area contributed by atoms with Gasteiger partial charge in [-0.1, -0.05) is 18.2 Å². The minimum Gasteiger partial charge on any atom is -0.438 e. The first-order valence-electron chi connectivity index (χ1n) is 6.67. The van der Waals surface area contributed by atoms with Gasteiger partial charge in [-0.05, 0) is 6.07 Å². The predicted molar refractivity (Wildman–Crippen MR) is 69.7 cm³/mol. The Morgan fingerprint density at radius 2 is 1.95 bits per heavy atom. The van der Waals surface area contributed by atoms with Gasteiger partial charge in [0, 0.05) is 38.3 Å². The number of carbonyl (C=O) groups excluding carboxylic acids is 1. The van der Waals surface area contributed by atoms with E-state index in [1.54, 1.807) is 0 Å². The molecule has 5 heteroatoms. The van der Waals surface area contributed by atoms with Gasteiger partial charge >= 0.3 is 5.97 Å². The third-order valence-electron chi connectivity index (χ3n) is 3.82. The Hall–Kier alpha value is -1.43. The fraction of sp³-hybridized carbons (Fsp3) is 0.500. The van der Waals surface area contributed by atoms with Gasteiger partial charge in [-0.2, -0.15) is 0 Å². The number of nitrogens with zero attached hydrogens (tertiary/aromatic N) is 2. The second-order valence-electron chi connectivity index (χ2n) is 4.95. The van der Waals surface area contributed by atoms with Crippen molar-refractivity contribution in [2.24, 2.45) is 0 Å². The quantitative estimate of drug-likeness (QED) is 0.802.